The van der Waals surface area contributed by atoms with E-state index in [1.165, 1.54) is 11.5 Å². The molecule has 0 aliphatic carbocycles. The molecule has 336 valence electrons. The third-order valence-electron chi connectivity index (χ3n) is 12.4. The number of hydrogen-bond donors (Lipinski definition) is 2. The monoisotopic (exact) mass is 908 g/mol. The maximum atomic E-state index is 16.9. The number of nitrogens with zero attached hydrogens (tertiary/aromatic N) is 9. The molecule has 0 saturated carbocycles. The summed E-state index contributed by atoms with van der Waals surface area (Å²) in [5, 5.41) is 17.2. The first-order valence-electron chi connectivity index (χ1n) is 20.4. The van der Waals surface area contributed by atoms with Gasteiger partial charge in [-0.05, 0) is 63.2 Å². The Balaban J connectivity index is 1.05. The number of rotatable bonds is 7. The highest BCUT2D eigenvalue weighted by atomic mass is 35.5. The van der Waals surface area contributed by atoms with Gasteiger partial charge < -0.3 is 39.2 Å². The quantitative estimate of drug-likeness (QED) is 0.218. The van der Waals surface area contributed by atoms with E-state index in [2.05, 4.69) is 25.3 Å². The van der Waals surface area contributed by atoms with Crippen LogP contribution >= 0.6 is 11.6 Å². The van der Waals surface area contributed by atoms with Crippen molar-refractivity contribution in [1.82, 2.24) is 38.9 Å². The fourth-order valence-corrected chi connectivity index (χ4v) is 9.12. The third kappa shape index (κ3) is 7.27. The average Bonchev–Trinajstić information content (AvgIpc) is 3.84. The topological polar surface area (TPSA) is 190 Å². The zero-order valence-corrected chi connectivity index (χ0v) is 35.4. The van der Waals surface area contributed by atoms with Crippen LogP contribution in [0.1, 0.15) is 59.4 Å². The molecule has 2 aromatic carbocycles. The largest absolute Gasteiger partial charge is 0.504 e. The van der Waals surface area contributed by atoms with E-state index in [4.69, 9.17) is 26.1 Å². The lowest BCUT2D eigenvalue weighted by Gasteiger charge is -2.43. The molecular weight excluding hydrogens is 868 g/mol. The number of fused-ring (bicyclic) bond motifs is 3. The van der Waals surface area contributed by atoms with E-state index in [1.54, 1.807) is 19.1 Å². The van der Waals surface area contributed by atoms with Gasteiger partial charge in [0.25, 0.3) is 11.5 Å². The highest BCUT2D eigenvalue weighted by Gasteiger charge is 2.57. The molecule has 17 nitrogen and oxygen atoms in total. The summed E-state index contributed by atoms with van der Waals surface area (Å²) in [6.45, 7) is 6.83. The SMILES string of the molecule is Cc1ncnc(C(=O)N2CC[C@]3(O[C@H](C)c4c3c(=O)n3nc(-c5ccc(N6CCN(C(=O)C7(C)COC7)CC6)cc5)nc3n4CC(=O)Nc3ccc(C(F)(F)F)cc3Cl)[C@@H](F)C2)c1O. The molecule has 0 radical (unpaired) electrons. The molecule has 0 bridgehead atoms. The number of carbonyl (C=O) groups is 3. The zero-order chi connectivity index (χ0) is 45.5. The van der Waals surface area contributed by atoms with Gasteiger partial charge >= 0.3 is 6.18 Å². The van der Waals surface area contributed by atoms with Crippen molar-refractivity contribution in [2.75, 3.05) is 62.7 Å². The smallest absolute Gasteiger partial charge is 0.416 e. The lowest BCUT2D eigenvalue weighted by Crippen LogP contribution is -2.58. The summed E-state index contributed by atoms with van der Waals surface area (Å²) in [6.07, 6.45) is -6.79. The molecule has 4 aliphatic rings. The lowest BCUT2D eigenvalue weighted by molar-refractivity contribution is -0.169. The number of aromatic hydroxyl groups is 1. The number of carbonyl (C=O) groups excluding carboxylic acids is 3. The number of piperidine rings is 1. The molecule has 3 amide bonds. The minimum Gasteiger partial charge on any atom is -0.504 e. The standard InChI is InChI=1S/C42H41ClF4N10O7/c1-22-34(59)32(49-21-48-22)37(61)55-11-10-41(29(44)17-55)31-33(23(2)64-41)56(18-30(58)50-28-9-6-25(16-27(28)43)42(45,46)47)39-51-35(52-57(39)36(31)60)24-4-7-26(8-5-24)53-12-14-54(15-13-53)38(62)40(3)19-63-20-40/h4-9,16,21,23,29,59H,10-15,17-20H2,1-3H3,(H,50,58)/t23-,29+,41+/m1/s1. The van der Waals surface area contributed by atoms with Crippen LogP contribution in [0.25, 0.3) is 17.2 Å². The Bertz CT molecular complexity index is 2770. The Hall–Kier alpha value is -6.19. The number of anilines is 2. The summed E-state index contributed by atoms with van der Waals surface area (Å²) in [6, 6.07) is 9.73. The second kappa shape index (κ2) is 15.8. The molecule has 7 heterocycles. The number of hydrogen-bond acceptors (Lipinski definition) is 12. The van der Waals surface area contributed by atoms with Gasteiger partial charge in [0.15, 0.2) is 23.4 Å². The van der Waals surface area contributed by atoms with Gasteiger partial charge in [-0.15, -0.1) is 5.10 Å². The molecule has 5 aromatic rings. The van der Waals surface area contributed by atoms with Gasteiger partial charge in [0.1, 0.15) is 18.5 Å². The number of alkyl halides is 4. The molecule has 3 aromatic heterocycles. The summed E-state index contributed by atoms with van der Waals surface area (Å²) in [5.41, 5.74) is -3.11. The molecule has 0 unspecified atom stereocenters. The third-order valence-corrected chi connectivity index (χ3v) is 12.7. The van der Waals surface area contributed by atoms with Crippen molar-refractivity contribution >= 4 is 46.5 Å². The highest BCUT2D eigenvalue weighted by Crippen LogP contribution is 2.49. The van der Waals surface area contributed by atoms with Crippen LogP contribution in [-0.4, -0.2) is 120 Å². The van der Waals surface area contributed by atoms with Crippen LogP contribution in [-0.2, 0) is 37.4 Å². The number of aromatic nitrogens is 6. The van der Waals surface area contributed by atoms with E-state index >= 15 is 4.39 Å². The van der Waals surface area contributed by atoms with Gasteiger partial charge in [0.05, 0.1) is 64.5 Å². The summed E-state index contributed by atoms with van der Waals surface area (Å²) in [5.74, 6) is -1.90. The molecule has 4 aliphatic heterocycles. The molecular formula is C42H41ClF4N10O7. The van der Waals surface area contributed by atoms with Crippen molar-refractivity contribution in [2.24, 2.45) is 5.41 Å². The van der Waals surface area contributed by atoms with Crippen molar-refractivity contribution in [1.29, 1.82) is 0 Å². The molecule has 3 fully saturated rings. The number of piperazine rings is 1. The number of likely N-dealkylation sites (tertiary alicyclic amines) is 1. The first kappa shape index (κ1) is 43.1. The Morgan fingerprint density at radius 2 is 1.73 bits per heavy atom. The predicted octanol–water partition coefficient (Wildman–Crippen LogP) is 4.53. The van der Waals surface area contributed by atoms with Gasteiger partial charge in [-0.25, -0.2) is 14.4 Å². The van der Waals surface area contributed by atoms with Gasteiger partial charge in [-0.1, -0.05) is 11.6 Å². The first-order chi connectivity index (χ1) is 30.4. The Morgan fingerprint density at radius 1 is 1.02 bits per heavy atom. The maximum absolute atomic E-state index is 16.9. The second-order valence-corrected chi connectivity index (χ2v) is 17.1. The van der Waals surface area contributed by atoms with E-state index < -0.39 is 71.2 Å². The van der Waals surface area contributed by atoms with Crippen molar-refractivity contribution in [3.63, 3.8) is 0 Å². The fraction of sp³-hybridized carbons (Fsp3) is 0.429. The molecule has 2 N–H and O–H groups in total. The summed E-state index contributed by atoms with van der Waals surface area (Å²) < 4.78 is 71.0. The van der Waals surface area contributed by atoms with Gasteiger partial charge in [-0.3, -0.25) is 19.2 Å². The van der Waals surface area contributed by atoms with Crippen molar-refractivity contribution < 1.29 is 46.5 Å². The summed E-state index contributed by atoms with van der Waals surface area (Å²) in [7, 11) is 0. The van der Waals surface area contributed by atoms with Crippen LogP contribution in [0.15, 0.2) is 53.6 Å². The Morgan fingerprint density at radius 3 is 2.38 bits per heavy atom. The minimum absolute atomic E-state index is 0.0812. The molecule has 9 rings (SSSR count). The molecule has 64 heavy (non-hydrogen) atoms. The second-order valence-electron chi connectivity index (χ2n) is 16.7. The summed E-state index contributed by atoms with van der Waals surface area (Å²) >= 11 is 6.17. The molecule has 3 saturated heterocycles. The number of ether oxygens (including phenoxy) is 2. The van der Waals surface area contributed by atoms with Crippen molar-refractivity contribution in [3.05, 3.63) is 92.4 Å². The normalized spacial score (nSPS) is 21.8. The number of amides is 3. The number of aryl methyl sites for hydroxylation is 1. The van der Waals surface area contributed by atoms with E-state index in [0.29, 0.717) is 51.0 Å². The van der Waals surface area contributed by atoms with E-state index in [-0.39, 0.29) is 63.8 Å². The Kier molecular flexibility index (Phi) is 10.6. The Labute approximate surface area is 366 Å². The van der Waals surface area contributed by atoms with E-state index in [0.717, 1.165) is 33.6 Å². The average molecular weight is 909 g/mol. The van der Waals surface area contributed by atoms with E-state index in [9.17, 15) is 37.5 Å². The first-order valence-corrected chi connectivity index (χ1v) is 20.8. The van der Waals surface area contributed by atoms with Crippen molar-refractivity contribution in [2.45, 2.75) is 57.8 Å². The minimum atomic E-state index is -4.68. The van der Waals surface area contributed by atoms with Crippen LogP contribution in [0.2, 0.25) is 5.02 Å². The van der Waals surface area contributed by atoms with Crippen LogP contribution in [0.5, 0.6) is 5.75 Å². The number of benzene rings is 2. The highest BCUT2D eigenvalue weighted by molar-refractivity contribution is 6.33. The van der Waals surface area contributed by atoms with Crippen LogP contribution in [0, 0.1) is 12.3 Å². The molecule has 22 heteroatoms. The van der Waals surface area contributed by atoms with E-state index in [1.807, 2.05) is 24.0 Å². The molecule has 3 atom stereocenters. The number of halogens is 5. The van der Waals surface area contributed by atoms with Crippen molar-refractivity contribution in [3.8, 4) is 17.1 Å². The fourth-order valence-electron chi connectivity index (χ4n) is 8.89. The van der Waals surface area contributed by atoms with Gasteiger partial charge in [0.2, 0.25) is 17.6 Å². The zero-order valence-electron chi connectivity index (χ0n) is 34.7. The van der Waals surface area contributed by atoms with Crippen LogP contribution in [0.3, 0.4) is 0 Å². The predicted molar refractivity (Wildman–Crippen MR) is 221 cm³/mol. The van der Waals surface area contributed by atoms with Crippen LogP contribution in [0.4, 0.5) is 28.9 Å². The van der Waals surface area contributed by atoms with Gasteiger partial charge in [0, 0.05) is 50.4 Å². The van der Waals surface area contributed by atoms with Gasteiger partial charge in [-0.2, -0.15) is 22.7 Å². The number of nitrogens with one attached hydrogen (secondary N) is 1. The lowest BCUT2D eigenvalue weighted by atomic mass is 9.83. The maximum Gasteiger partial charge on any atom is 0.416 e. The summed E-state index contributed by atoms with van der Waals surface area (Å²) in [4.78, 5) is 72.6. The molecule has 1 spiro atoms. The van der Waals surface area contributed by atoms with Crippen LogP contribution < -0.4 is 15.8 Å².